The molecule has 1 aliphatic heterocycles. The molecule has 1 fully saturated rings. The molecule has 0 radical (unpaired) electrons. The zero-order valence-electron chi connectivity index (χ0n) is 13.8. The first-order valence-electron chi connectivity index (χ1n) is 8.12. The quantitative estimate of drug-likeness (QED) is 0.868. The SMILES string of the molecule is Cc1cccc(N2CCN(Cc3ccc(Cl)c(N)c3)CC2)c1C. The number of piperazine rings is 1. The summed E-state index contributed by atoms with van der Waals surface area (Å²) in [7, 11) is 0. The highest BCUT2D eigenvalue weighted by atomic mass is 35.5. The Balaban J connectivity index is 1.62. The number of hydrogen-bond acceptors (Lipinski definition) is 3. The van der Waals surface area contributed by atoms with Crippen molar-refractivity contribution in [1.82, 2.24) is 4.90 Å². The summed E-state index contributed by atoms with van der Waals surface area (Å²) in [6.45, 7) is 9.59. The zero-order valence-corrected chi connectivity index (χ0v) is 14.6. The molecule has 1 saturated heterocycles. The van der Waals surface area contributed by atoms with Gasteiger partial charge in [-0.15, -0.1) is 0 Å². The fraction of sp³-hybridized carbons (Fsp3) is 0.368. The number of nitrogens with two attached hydrogens (primary N) is 1. The molecule has 1 heterocycles. The normalized spacial score (nSPS) is 15.9. The van der Waals surface area contributed by atoms with E-state index in [-0.39, 0.29) is 0 Å². The van der Waals surface area contributed by atoms with Crippen LogP contribution >= 0.6 is 11.6 Å². The van der Waals surface area contributed by atoms with E-state index in [1.165, 1.54) is 22.4 Å². The number of aryl methyl sites for hydroxylation is 1. The predicted octanol–water partition coefficient (Wildman–Crippen LogP) is 3.86. The molecule has 3 nitrogen and oxygen atoms in total. The predicted molar refractivity (Wildman–Crippen MR) is 99.3 cm³/mol. The summed E-state index contributed by atoms with van der Waals surface area (Å²) in [5.74, 6) is 0. The van der Waals surface area contributed by atoms with Gasteiger partial charge in [0.1, 0.15) is 0 Å². The molecular formula is C19H24ClN3. The first kappa shape index (κ1) is 16.2. The Labute approximate surface area is 143 Å². The molecule has 2 aromatic rings. The van der Waals surface area contributed by atoms with Gasteiger partial charge in [0, 0.05) is 38.4 Å². The van der Waals surface area contributed by atoms with E-state index in [0.717, 1.165) is 32.7 Å². The minimum atomic E-state index is 0.633. The topological polar surface area (TPSA) is 32.5 Å². The van der Waals surface area contributed by atoms with Crippen molar-refractivity contribution < 1.29 is 0 Å². The Kier molecular flexibility index (Phi) is 4.79. The van der Waals surface area contributed by atoms with Crippen molar-refractivity contribution in [3.8, 4) is 0 Å². The van der Waals surface area contributed by atoms with E-state index >= 15 is 0 Å². The maximum absolute atomic E-state index is 5.99. The van der Waals surface area contributed by atoms with Crippen LogP contribution < -0.4 is 10.6 Å². The molecule has 0 atom stereocenters. The van der Waals surface area contributed by atoms with E-state index in [0.29, 0.717) is 10.7 Å². The van der Waals surface area contributed by atoms with Crippen molar-refractivity contribution in [3.05, 3.63) is 58.1 Å². The summed E-state index contributed by atoms with van der Waals surface area (Å²) in [4.78, 5) is 4.97. The van der Waals surface area contributed by atoms with Gasteiger partial charge in [-0.3, -0.25) is 4.90 Å². The average molecular weight is 330 g/mol. The summed E-state index contributed by atoms with van der Waals surface area (Å²) in [5.41, 5.74) is 11.9. The summed E-state index contributed by atoms with van der Waals surface area (Å²) in [5, 5.41) is 0.633. The first-order valence-corrected chi connectivity index (χ1v) is 8.50. The highest BCUT2D eigenvalue weighted by Crippen LogP contribution is 2.25. The molecule has 0 unspecified atom stereocenters. The van der Waals surface area contributed by atoms with Gasteiger partial charge in [0.25, 0.3) is 0 Å². The van der Waals surface area contributed by atoms with Gasteiger partial charge in [0.2, 0.25) is 0 Å². The van der Waals surface area contributed by atoms with Gasteiger partial charge in [0.15, 0.2) is 0 Å². The molecule has 1 aliphatic rings. The van der Waals surface area contributed by atoms with Gasteiger partial charge >= 0.3 is 0 Å². The van der Waals surface area contributed by atoms with Crippen molar-refractivity contribution in [2.24, 2.45) is 0 Å². The third-order valence-corrected chi connectivity index (χ3v) is 5.10. The van der Waals surface area contributed by atoms with Crippen LogP contribution in [0, 0.1) is 13.8 Å². The lowest BCUT2D eigenvalue weighted by Crippen LogP contribution is -2.46. The lowest BCUT2D eigenvalue weighted by Gasteiger charge is -2.37. The largest absolute Gasteiger partial charge is 0.398 e. The Hall–Kier alpha value is -1.71. The summed E-state index contributed by atoms with van der Waals surface area (Å²) >= 11 is 5.99. The molecule has 0 spiro atoms. The second kappa shape index (κ2) is 6.81. The first-order chi connectivity index (χ1) is 11.0. The molecule has 122 valence electrons. The van der Waals surface area contributed by atoms with Gasteiger partial charge in [-0.1, -0.05) is 29.8 Å². The lowest BCUT2D eigenvalue weighted by atomic mass is 10.1. The van der Waals surface area contributed by atoms with Crippen molar-refractivity contribution in [2.45, 2.75) is 20.4 Å². The van der Waals surface area contributed by atoms with E-state index in [1.54, 1.807) is 0 Å². The molecule has 0 saturated carbocycles. The highest BCUT2D eigenvalue weighted by molar-refractivity contribution is 6.33. The maximum Gasteiger partial charge on any atom is 0.0635 e. The Morgan fingerprint density at radius 1 is 1.04 bits per heavy atom. The Morgan fingerprint density at radius 2 is 1.78 bits per heavy atom. The van der Waals surface area contributed by atoms with Gasteiger partial charge < -0.3 is 10.6 Å². The van der Waals surface area contributed by atoms with Crippen LogP contribution in [-0.2, 0) is 6.54 Å². The van der Waals surface area contributed by atoms with Gasteiger partial charge in [0.05, 0.1) is 10.7 Å². The second-order valence-corrected chi connectivity index (χ2v) is 6.75. The number of nitrogen functional groups attached to an aromatic ring is 1. The average Bonchev–Trinajstić information content (AvgIpc) is 2.55. The van der Waals surface area contributed by atoms with E-state index in [9.17, 15) is 0 Å². The number of nitrogens with zero attached hydrogens (tertiary/aromatic N) is 2. The molecule has 0 bridgehead atoms. The highest BCUT2D eigenvalue weighted by Gasteiger charge is 2.19. The Bertz CT molecular complexity index is 691. The summed E-state index contributed by atoms with van der Waals surface area (Å²) in [6, 6.07) is 12.5. The molecule has 0 amide bonds. The van der Waals surface area contributed by atoms with Crippen LogP contribution in [0.5, 0.6) is 0 Å². The lowest BCUT2D eigenvalue weighted by molar-refractivity contribution is 0.250. The van der Waals surface area contributed by atoms with Crippen molar-refractivity contribution >= 4 is 23.0 Å². The van der Waals surface area contributed by atoms with Crippen molar-refractivity contribution in [1.29, 1.82) is 0 Å². The van der Waals surface area contributed by atoms with Crippen LogP contribution in [0.15, 0.2) is 36.4 Å². The zero-order chi connectivity index (χ0) is 16.4. The maximum atomic E-state index is 5.99. The van der Waals surface area contributed by atoms with Crippen LogP contribution in [-0.4, -0.2) is 31.1 Å². The molecule has 4 heteroatoms. The molecule has 3 rings (SSSR count). The van der Waals surface area contributed by atoms with Gasteiger partial charge in [-0.05, 0) is 48.7 Å². The standard InChI is InChI=1S/C19H24ClN3/c1-14-4-3-5-19(15(14)2)23-10-8-22(9-11-23)13-16-6-7-17(20)18(21)12-16/h3-7,12H,8-11,13,21H2,1-2H3. The molecular weight excluding hydrogens is 306 g/mol. The van der Waals surface area contributed by atoms with E-state index in [2.05, 4.69) is 47.9 Å². The van der Waals surface area contributed by atoms with Gasteiger partial charge in [-0.2, -0.15) is 0 Å². The number of anilines is 2. The van der Waals surface area contributed by atoms with Crippen LogP contribution in [0.3, 0.4) is 0 Å². The number of hydrogen-bond donors (Lipinski definition) is 1. The number of rotatable bonds is 3. The fourth-order valence-corrected chi connectivity index (χ4v) is 3.29. The van der Waals surface area contributed by atoms with Crippen LogP contribution in [0.1, 0.15) is 16.7 Å². The summed E-state index contributed by atoms with van der Waals surface area (Å²) < 4.78 is 0. The number of benzene rings is 2. The minimum absolute atomic E-state index is 0.633. The fourth-order valence-electron chi connectivity index (χ4n) is 3.17. The third-order valence-electron chi connectivity index (χ3n) is 4.76. The molecule has 23 heavy (non-hydrogen) atoms. The summed E-state index contributed by atoms with van der Waals surface area (Å²) in [6.07, 6.45) is 0. The van der Waals surface area contributed by atoms with E-state index < -0.39 is 0 Å². The molecule has 0 aliphatic carbocycles. The van der Waals surface area contributed by atoms with Crippen LogP contribution in [0.2, 0.25) is 5.02 Å². The molecule has 2 aromatic carbocycles. The monoisotopic (exact) mass is 329 g/mol. The molecule has 2 N–H and O–H groups in total. The minimum Gasteiger partial charge on any atom is -0.398 e. The second-order valence-electron chi connectivity index (χ2n) is 6.34. The van der Waals surface area contributed by atoms with Gasteiger partial charge in [-0.25, -0.2) is 0 Å². The third kappa shape index (κ3) is 3.62. The van der Waals surface area contributed by atoms with Crippen LogP contribution in [0.25, 0.3) is 0 Å². The van der Waals surface area contributed by atoms with E-state index in [4.69, 9.17) is 17.3 Å². The Morgan fingerprint density at radius 3 is 2.48 bits per heavy atom. The van der Waals surface area contributed by atoms with E-state index in [1.807, 2.05) is 12.1 Å². The smallest absolute Gasteiger partial charge is 0.0635 e. The van der Waals surface area contributed by atoms with Crippen molar-refractivity contribution in [2.75, 3.05) is 36.8 Å². The van der Waals surface area contributed by atoms with Crippen LogP contribution in [0.4, 0.5) is 11.4 Å². The van der Waals surface area contributed by atoms with Crippen molar-refractivity contribution in [3.63, 3.8) is 0 Å². The number of halogens is 1. The molecule has 0 aromatic heterocycles.